The molecule has 0 aliphatic carbocycles. The molecular weight excluding hydrogens is 262 g/mol. The lowest BCUT2D eigenvalue weighted by Crippen LogP contribution is -2.44. The highest BCUT2D eigenvalue weighted by atomic mass is 28.4. The first-order valence-corrected chi connectivity index (χ1v) is 10.7. The highest BCUT2D eigenvalue weighted by molar-refractivity contribution is 6.69. The van der Waals surface area contributed by atoms with Crippen LogP contribution in [0.5, 0.6) is 0 Å². The van der Waals surface area contributed by atoms with Gasteiger partial charge >= 0.3 is 0 Å². The van der Waals surface area contributed by atoms with Crippen molar-refractivity contribution in [3.63, 3.8) is 0 Å². The molecule has 3 heteroatoms. The van der Waals surface area contributed by atoms with Crippen molar-refractivity contribution in [2.75, 3.05) is 0 Å². The summed E-state index contributed by atoms with van der Waals surface area (Å²) in [6.07, 6.45) is 4.30. The van der Waals surface area contributed by atoms with Gasteiger partial charge in [-0.2, -0.15) is 0 Å². The van der Waals surface area contributed by atoms with Crippen LogP contribution in [0.25, 0.3) is 0 Å². The van der Waals surface area contributed by atoms with Crippen LogP contribution >= 0.6 is 0 Å². The van der Waals surface area contributed by atoms with Crippen molar-refractivity contribution in [2.24, 2.45) is 0 Å². The van der Waals surface area contributed by atoms with Gasteiger partial charge in [0.1, 0.15) is 0 Å². The van der Waals surface area contributed by atoms with Crippen molar-refractivity contribution in [1.29, 1.82) is 0 Å². The van der Waals surface area contributed by atoms with Crippen molar-refractivity contribution >= 4 is 8.32 Å². The minimum absolute atomic E-state index is 0.0345. The zero-order valence-corrected chi connectivity index (χ0v) is 15.0. The number of benzene rings is 1. The van der Waals surface area contributed by atoms with E-state index in [1.807, 2.05) is 5.06 Å². The summed E-state index contributed by atoms with van der Waals surface area (Å²) in [6.45, 7) is 15.3. The molecule has 20 heavy (non-hydrogen) atoms. The second-order valence-electron chi connectivity index (χ2n) is 7.24. The fourth-order valence-electron chi connectivity index (χ4n) is 1.76. The van der Waals surface area contributed by atoms with Crippen molar-refractivity contribution < 1.29 is 4.53 Å². The molecule has 0 saturated carbocycles. The monoisotopic (exact) mass is 291 g/mol. The number of hydroxylamine groups is 2. The van der Waals surface area contributed by atoms with Gasteiger partial charge < -0.3 is 4.53 Å². The first-order chi connectivity index (χ1) is 9.09. The van der Waals surface area contributed by atoms with E-state index in [2.05, 4.69) is 89.9 Å². The van der Waals surface area contributed by atoms with E-state index in [4.69, 9.17) is 4.53 Å². The molecule has 0 aromatic heterocycles. The van der Waals surface area contributed by atoms with Crippen LogP contribution in [0.4, 0.5) is 0 Å². The van der Waals surface area contributed by atoms with Gasteiger partial charge in [0.25, 0.3) is 0 Å². The Morgan fingerprint density at radius 3 is 2.10 bits per heavy atom. The molecule has 0 saturated heterocycles. The maximum absolute atomic E-state index is 6.17. The summed E-state index contributed by atoms with van der Waals surface area (Å²) >= 11 is 0. The molecule has 1 aromatic rings. The van der Waals surface area contributed by atoms with Crippen LogP contribution in [0.3, 0.4) is 0 Å². The average molecular weight is 292 g/mol. The lowest BCUT2D eigenvalue weighted by atomic mass is 10.0. The second-order valence-corrected chi connectivity index (χ2v) is 11.6. The minimum atomic E-state index is -1.61. The molecule has 2 nitrogen and oxygen atoms in total. The normalized spacial score (nSPS) is 14.6. The quantitative estimate of drug-likeness (QED) is 0.548. The number of hydrogen-bond acceptors (Lipinski definition) is 2. The predicted octanol–water partition coefficient (Wildman–Crippen LogP) is 5.17. The molecule has 0 amide bonds. The zero-order chi connectivity index (χ0) is 15.4. The van der Waals surface area contributed by atoms with E-state index in [-0.39, 0.29) is 5.54 Å². The van der Waals surface area contributed by atoms with Gasteiger partial charge in [-0.25, -0.2) is 0 Å². The Morgan fingerprint density at radius 2 is 1.65 bits per heavy atom. The second kappa shape index (κ2) is 6.59. The molecule has 1 atom stereocenters. The van der Waals surface area contributed by atoms with E-state index in [0.29, 0.717) is 5.92 Å². The summed E-state index contributed by atoms with van der Waals surface area (Å²) in [7, 11) is -1.61. The molecule has 0 spiro atoms. The van der Waals surface area contributed by atoms with Crippen LogP contribution in [-0.4, -0.2) is 18.9 Å². The van der Waals surface area contributed by atoms with E-state index in [1.54, 1.807) is 0 Å². The summed E-state index contributed by atoms with van der Waals surface area (Å²) < 4.78 is 6.17. The van der Waals surface area contributed by atoms with Gasteiger partial charge in [0.2, 0.25) is 8.32 Å². The smallest absolute Gasteiger partial charge is 0.220 e. The summed E-state index contributed by atoms with van der Waals surface area (Å²) in [5.74, 6) is 0.381. The van der Waals surface area contributed by atoms with E-state index in [0.717, 1.165) is 0 Å². The molecule has 0 radical (unpaired) electrons. The van der Waals surface area contributed by atoms with Gasteiger partial charge in [0.05, 0.1) is 5.54 Å². The molecule has 0 heterocycles. The molecule has 1 aromatic carbocycles. The molecule has 0 aliphatic rings. The third-order valence-electron chi connectivity index (χ3n) is 2.87. The highest BCUT2D eigenvalue weighted by Crippen LogP contribution is 2.22. The maximum atomic E-state index is 6.17. The lowest BCUT2D eigenvalue weighted by molar-refractivity contribution is -0.0886. The van der Waals surface area contributed by atoms with Gasteiger partial charge in [-0.05, 0) is 46.0 Å². The van der Waals surface area contributed by atoms with E-state index >= 15 is 0 Å². The van der Waals surface area contributed by atoms with Crippen LogP contribution in [0.2, 0.25) is 19.6 Å². The van der Waals surface area contributed by atoms with Crippen molar-refractivity contribution in [2.45, 2.75) is 58.8 Å². The fraction of sp³-hybridized carbons (Fsp3) is 0.529. The number of allylic oxidation sites excluding steroid dienone is 1. The number of hydrogen-bond donors (Lipinski definition) is 0. The Hall–Kier alpha value is -1.06. The number of nitrogens with zero attached hydrogens (tertiary/aromatic N) is 1. The van der Waals surface area contributed by atoms with Crippen molar-refractivity contribution in [3.8, 4) is 0 Å². The Balaban J connectivity index is 2.82. The predicted molar refractivity (Wildman–Crippen MR) is 90.0 cm³/mol. The molecule has 1 rings (SSSR count). The first-order valence-electron chi connectivity index (χ1n) is 7.31. The fourth-order valence-corrected chi connectivity index (χ4v) is 2.69. The van der Waals surface area contributed by atoms with Crippen LogP contribution in [-0.2, 0) is 4.53 Å². The van der Waals surface area contributed by atoms with Gasteiger partial charge in [0, 0.05) is 12.1 Å². The van der Waals surface area contributed by atoms with Crippen molar-refractivity contribution in [1.82, 2.24) is 5.06 Å². The zero-order valence-electron chi connectivity index (χ0n) is 14.0. The Morgan fingerprint density at radius 1 is 1.10 bits per heavy atom. The van der Waals surface area contributed by atoms with Gasteiger partial charge in [-0.1, -0.05) is 43.3 Å². The third-order valence-corrected chi connectivity index (χ3v) is 3.61. The largest absolute Gasteiger partial charge is 0.320 e. The van der Waals surface area contributed by atoms with Gasteiger partial charge in [0.15, 0.2) is 0 Å². The van der Waals surface area contributed by atoms with Crippen molar-refractivity contribution in [3.05, 3.63) is 48.2 Å². The van der Waals surface area contributed by atoms with Crippen LogP contribution in [0.1, 0.15) is 39.2 Å². The molecular formula is C17H29NOSi. The van der Waals surface area contributed by atoms with Gasteiger partial charge in [-0.15, -0.1) is 0 Å². The Kier molecular flexibility index (Phi) is 5.60. The SMILES string of the molecule is C[C@@H](/C=C/N(O[Si](C)(C)C)C(C)(C)C)c1ccccc1. The number of rotatable bonds is 5. The molecule has 0 fully saturated rings. The molecule has 0 N–H and O–H groups in total. The average Bonchev–Trinajstić information content (AvgIpc) is 2.32. The van der Waals surface area contributed by atoms with E-state index < -0.39 is 8.32 Å². The lowest BCUT2D eigenvalue weighted by Gasteiger charge is -2.38. The minimum Gasteiger partial charge on any atom is -0.320 e. The van der Waals surface area contributed by atoms with Crippen LogP contribution < -0.4 is 0 Å². The third kappa shape index (κ3) is 5.93. The molecule has 112 valence electrons. The Labute approximate surface area is 125 Å². The summed E-state index contributed by atoms with van der Waals surface area (Å²) in [6, 6.07) is 10.5. The molecule has 0 unspecified atom stereocenters. The maximum Gasteiger partial charge on any atom is 0.220 e. The van der Waals surface area contributed by atoms with Crippen LogP contribution in [0.15, 0.2) is 42.6 Å². The standard InChI is InChI=1S/C17H29NOSi/c1-15(16-11-9-8-10-12-16)13-14-18(17(2,3)4)19-20(5,6)7/h8-15H,1-7H3/b14-13+/t15-/m0/s1. The Bertz CT molecular complexity index is 429. The summed E-state index contributed by atoms with van der Waals surface area (Å²) in [4.78, 5) is 0. The van der Waals surface area contributed by atoms with E-state index in [9.17, 15) is 0 Å². The van der Waals surface area contributed by atoms with Crippen LogP contribution in [0, 0.1) is 0 Å². The summed E-state index contributed by atoms with van der Waals surface area (Å²) in [5, 5.41) is 2.01. The molecule has 0 bridgehead atoms. The van der Waals surface area contributed by atoms with Gasteiger partial charge in [-0.3, -0.25) is 5.06 Å². The highest BCUT2D eigenvalue weighted by Gasteiger charge is 2.26. The summed E-state index contributed by atoms with van der Waals surface area (Å²) in [5.41, 5.74) is 1.29. The van der Waals surface area contributed by atoms with E-state index in [1.165, 1.54) is 5.56 Å². The molecule has 0 aliphatic heterocycles. The topological polar surface area (TPSA) is 12.5 Å². The first kappa shape index (κ1) is 17.0.